The number of hydrogen-bond acceptors (Lipinski definition) is 3. The predicted octanol–water partition coefficient (Wildman–Crippen LogP) is 18.7. The largest absolute Gasteiger partial charge is 0.310 e. The number of para-hydroxylation sites is 2. The molecule has 0 bridgehead atoms. The zero-order valence-corrected chi connectivity index (χ0v) is 39.2. The summed E-state index contributed by atoms with van der Waals surface area (Å²) in [4.78, 5) is 4.93. The molecule has 0 saturated carbocycles. The Bertz CT molecular complexity index is 3800. The summed E-state index contributed by atoms with van der Waals surface area (Å²) in [5.41, 5.74) is 17.9. The number of nitrogens with zero attached hydrogens (tertiary/aromatic N) is 2. The molecule has 1 aliphatic carbocycles. The molecule has 0 saturated heterocycles. The molecule has 0 radical (unpaired) electrons. The molecule has 11 aromatic carbocycles. The number of benzene rings is 11. The fourth-order valence-corrected chi connectivity index (χ4v) is 12.3. The van der Waals surface area contributed by atoms with Crippen molar-refractivity contribution >= 4 is 65.6 Å². The molecule has 0 fully saturated rings. The van der Waals surface area contributed by atoms with Crippen LogP contribution in [0.3, 0.4) is 0 Å². The maximum atomic E-state index is 2.51. The Kier molecular flexibility index (Phi) is 10.3. The first-order valence-corrected chi connectivity index (χ1v) is 24.8. The third kappa shape index (κ3) is 6.85. The molecule has 12 aromatic rings. The second-order valence-electron chi connectivity index (χ2n) is 18.0. The average molecular weight is 911 g/mol. The van der Waals surface area contributed by atoms with E-state index in [2.05, 4.69) is 289 Å². The fourth-order valence-electron chi connectivity index (χ4n) is 11.1. The lowest BCUT2D eigenvalue weighted by Gasteiger charge is -2.36. The summed E-state index contributed by atoms with van der Waals surface area (Å²) in [7, 11) is 0. The number of hydrogen-bond donors (Lipinski definition) is 0. The van der Waals surface area contributed by atoms with E-state index in [1.54, 1.807) is 0 Å². The molecule has 0 amide bonds. The number of fused-ring (bicyclic) bond motifs is 6. The number of anilines is 6. The monoisotopic (exact) mass is 910 g/mol. The second kappa shape index (κ2) is 17.4. The molecule has 330 valence electrons. The quantitative estimate of drug-likeness (QED) is 0.135. The maximum absolute atomic E-state index is 2.51. The predicted molar refractivity (Wildman–Crippen MR) is 297 cm³/mol. The van der Waals surface area contributed by atoms with E-state index < -0.39 is 5.41 Å². The molecule has 2 nitrogen and oxygen atoms in total. The van der Waals surface area contributed by atoms with Gasteiger partial charge in [-0.05, 0) is 117 Å². The van der Waals surface area contributed by atoms with E-state index in [9.17, 15) is 0 Å². The van der Waals surface area contributed by atoms with Crippen molar-refractivity contribution in [3.05, 3.63) is 301 Å². The zero-order chi connectivity index (χ0) is 46.4. The van der Waals surface area contributed by atoms with Gasteiger partial charge < -0.3 is 9.80 Å². The van der Waals surface area contributed by atoms with Crippen molar-refractivity contribution in [3.63, 3.8) is 0 Å². The highest BCUT2D eigenvalue weighted by atomic mass is 32.1. The molecule has 70 heavy (non-hydrogen) atoms. The van der Waals surface area contributed by atoms with Crippen molar-refractivity contribution in [3.8, 4) is 33.4 Å². The lowest BCUT2D eigenvalue weighted by atomic mass is 9.67. The highest BCUT2D eigenvalue weighted by Gasteiger charge is 2.49. The zero-order valence-electron chi connectivity index (χ0n) is 38.4. The first-order valence-electron chi connectivity index (χ1n) is 24.0. The summed E-state index contributed by atoms with van der Waals surface area (Å²) in [6, 6.07) is 102. The van der Waals surface area contributed by atoms with Crippen LogP contribution < -0.4 is 9.80 Å². The van der Waals surface area contributed by atoms with Gasteiger partial charge in [0.15, 0.2) is 0 Å². The normalized spacial score (nSPS) is 13.8. The van der Waals surface area contributed by atoms with E-state index in [1.807, 2.05) is 11.3 Å². The highest BCUT2D eigenvalue weighted by molar-refractivity contribution is 7.26. The topological polar surface area (TPSA) is 6.48 Å². The molecule has 0 N–H and O–H groups in total. The first-order chi connectivity index (χ1) is 34.7. The summed E-state index contributed by atoms with van der Waals surface area (Å²) in [6.07, 6.45) is 0. The minimum atomic E-state index is -0.711. The van der Waals surface area contributed by atoms with Crippen LogP contribution in [0.25, 0.3) is 53.6 Å². The van der Waals surface area contributed by atoms with Crippen LogP contribution in [0.5, 0.6) is 0 Å². The summed E-state index contributed by atoms with van der Waals surface area (Å²) in [5.74, 6) is 0. The lowest BCUT2D eigenvalue weighted by molar-refractivity contribution is 0.777. The minimum Gasteiger partial charge on any atom is -0.310 e. The molecule has 3 heteroatoms. The summed E-state index contributed by atoms with van der Waals surface area (Å²) in [6.45, 7) is 0. The van der Waals surface area contributed by atoms with Crippen LogP contribution >= 0.6 is 11.3 Å². The Morgan fingerprint density at radius 2 is 0.757 bits per heavy atom. The lowest BCUT2D eigenvalue weighted by Crippen LogP contribution is -2.29. The maximum Gasteiger partial charge on any atom is 0.0728 e. The molecule has 1 aliphatic rings. The Labute approximate surface area is 413 Å². The van der Waals surface area contributed by atoms with Gasteiger partial charge in [0.2, 0.25) is 0 Å². The van der Waals surface area contributed by atoms with Gasteiger partial charge in [-0.3, -0.25) is 0 Å². The van der Waals surface area contributed by atoms with Crippen LogP contribution in [0.2, 0.25) is 0 Å². The fraction of sp³-hybridized carbons (Fsp3) is 0.0149. The molecule has 1 heterocycles. The van der Waals surface area contributed by atoms with Gasteiger partial charge in [-0.25, -0.2) is 0 Å². The van der Waals surface area contributed by atoms with Crippen LogP contribution in [-0.2, 0) is 5.41 Å². The Balaban J connectivity index is 1.16. The van der Waals surface area contributed by atoms with Crippen LogP contribution in [0, 0.1) is 0 Å². The SMILES string of the molecule is c1ccc(-c2ccc(N(c3ccccc3)c3cc(N(c4ccccc4)c4ccc(-c5ccccc5)cc4)c4c(c3)C(c3ccccc3)(c3cccc5c3sc3ccccc35)c3ccccc3-4)cc2)cc1. The van der Waals surface area contributed by atoms with E-state index in [1.165, 1.54) is 75.8 Å². The van der Waals surface area contributed by atoms with E-state index >= 15 is 0 Å². The Morgan fingerprint density at radius 1 is 0.300 bits per heavy atom. The molecule has 0 spiro atoms. The molecular weight excluding hydrogens is 865 g/mol. The molecule has 0 aliphatic heterocycles. The van der Waals surface area contributed by atoms with Crippen molar-refractivity contribution in [2.24, 2.45) is 0 Å². The number of rotatable bonds is 10. The third-order valence-corrected chi connectivity index (χ3v) is 15.3. The second-order valence-corrected chi connectivity index (χ2v) is 19.0. The Hall–Kier alpha value is -8.76. The van der Waals surface area contributed by atoms with E-state index in [4.69, 9.17) is 0 Å². The van der Waals surface area contributed by atoms with Crippen LogP contribution in [-0.4, -0.2) is 0 Å². The molecule has 13 rings (SSSR count). The van der Waals surface area contributed by atoms with Crippen LogP contribution in [0.4, 0.5) is 34.1 Å². The molecule has 1 atom stereocenters. The average Bonchev–Trinajstić information content (AvgIpc) is 3.97. The van der Waals surface area contributed by atoms with Crippen molar-refractivity contribution in [2.45, 2.75) is 5.41 Å². The molecule has 1 unspecified atom stereocenters. The van der Waals surface area contributed by atoms with Crippen molar-refractivity contribution < 1.29 is 0 Å². The van der Waals surface area contributed by atoms with Gasteiger partial charge in [0.05, 0.1) is 11.1 Å². The van der Waals surface area contributed by atoms with Gasteiger partial charge in [-0.1, -0.05) is 212 Å². The van der Waals surface area contributed by atoms with Gasteiger partial charge in [0.1, 0.15) is 0 Å². The van der Waals surface area contributed by atoms with Gasteiger partial charge in [0.25, 0.3) is 0 Å². The smallest absolute Gasteiger partial charge is 0.0728 e. The van der Waals surface area contributed by atoms with E-state index in [0.29, 0.717) is 0 Å². The van der Waals surface area contributed by atoms with Crippen molar-refractivity contribution in [2.75, 3.05) is 9.80 Å². The van der Waals surface area contributed by atoms with E-state index in [-0.39, 0.29) is 0 Å². The van der Waals surface area contributed by atoms with E-state index in [0.717, 1.165) is 34.1 Å². The van der Waals surface area contributed by atoms with Gasteiger partial charge in [-0.2, -0.15) is 0 Å². The van der Waals surface area contributed by atoms with Crippen molar-refractivity contribution in [1.82, 2.24) is 0 Å². The Morgan fingerprint density at radius 3 is 1.39 bits per heavy atom. The van der Waals surface area contributed by atoms with Crippen molar-refractivity contribution in [1.29, 1.82) is 0 Å². The summed E-state index contributed by atoms with van der Waals surface area (Å²) >= 11 is 1.90. The molecular formula is C67H46N2S. The van der Waals surface area contributed by atoms with Gasteiger partial charge in [-0.15, -0.1) is 11.3 Å². The summed E-state index contributed by atoms with van der Waals surface area (Å²) in [5, 5.41) is 2.57. The van der Waals surface area contributed by atoms with Crippen LogP contribution in [0.1, 0.15) is 22.3 Å². The van der Waals surface area contributed by atoms with Gasteiger partial charge >= 0.3 is 0 Å². The number of thiophene rings is 1. The molecule has 1 aromatic heterocycles. The first kappa shape index (κ1) is 41.4. The highest BCUT2D eigenvalue weighted by Crippen LogP contribution is 2.62. The third-order valence-electron chi connectivity index (χ3n) is 14.1. The standard InChI is InChI=1S/C67H46N2S/c1-6-21-47(22-7-1)49-37-41-54(42-38-49)68(52-27-12-4-13-28-52)56-45-62-65(63(46-56)69(53-29-14-5-15-30-53)55-43-39-50(40-44-55)48-23-8-2-9-24-48)59-32-16-18-34-60(59)67(62,51-25-10-3-11-26-51)61-35-20-33-58-57-31-17-19-36-64(57)70-66(58)61/h1-46H. The minimum absolute atomic E-state index is 0.711. The van der Waals surface area contributed by atoms with Crippen LogP contribution in [0.15, 0.2) is 279 Å². The summed E-state index contributed by atoms with van der Waals surface area (Å²) < 4.78 is 2.59. The van der Waals surface area contributed by atoms with Gasteiger partial charge in [0, 0.05) is 54.2 Å².